The molecule has 2 N–H and O–H groups in total. The number of nitro groups is 1. The molecule has 1 fully saturated rings. The largest absolute Gasteiger partial charge is 0.360 e. The van der Waals surface area contributed by atoms with Gasteiger partial charge in [-0.3, -0.25) is 14.9 Å². The molecule has 4 rings (SSSR count). The summed E-state index contributed by atoms with van der Waals surface area (Å²) in [6, 6.07) is 12.3. The Kier molecular flexibility index (Phi) is 4.85. The number of nitrogens with one attached hydrogen (secondary N) is 2. The molecule has 1 aliphatic rings. The van der Waals surface area contributed by atoms with E-state index in [4.69, 9.17) is 0 Å². The summed E-state index contributed by atoms with van der Waals surface area (Å²) in [7, 11) is 0. The van der Waals surface area contributed by atoms with Gasteiger partial charge in [-0.25, -0.2) is 0 Å². The van der Waals surface area contributed by atoms with Gasteiger partial charge < -0.3 is 10.3 Å². The van der Waals surface area contributed by atoms with Crippen LogP contribution in [0.3, 0.4) is 0 Å². The van der Waals surface area contributed by atoms with Gasteiger partial charge in [-0.05, 0) is 31.0 Å². The second kappa shape index (κ2) is 7.44. The first-order chi connectivity index (χ1) is 13.1. The third-order valence-electron chi connectivity index (χ3n) is 4.85. The molecule has 0 aliphatic heterocycles. The number of aromatic nitrogens is 1. The van der Waals surface area contributed by atoms with Gasteiger partial charge in [-0.15, -0.1) is 11.8 Å². The number of para-hydroxylation sites is 1. The van der Waals surface area contributed by atoms with Crippen LogP contribution in [0.4, 0.5) is 11.4 Å². The zero-order valence-corrected chi connectivity index (χ0v) is 15.4. The molecular weight excluding hydrogens is 362 g/mol. The molecule has 6 nitrogen and oxygen atoms in total. The standard InChI is InChI=1S/C20H19N3O3S/c24-20(16-12-21-17-10-9-13(23(25)26)11-15(16)17)22-18-7-3-4-8-19(18)27-14-5-1-2-6-14/h3-4,7-12,14,21H,1-2,5-6H2,(H,22,24). The van der Waals surface area contributed by atoms with Crippen LogP contribution < -0.4 is 5.32 Å². The number of aromatic amines is 1. The number of non-ortho nitro benzene ring substituents is 1. The van der Waals surface area contributed by atoms with E-state index in [1.807, 2.05) is 36.0 Å². The minimum atomic E-state index is -0.457. The number of hydrogen-bond donors (Lipinski definition) is 2. The zero-order valence-electron chi connectivity index (χ0n) is 14.6. The lowest BCUT2D eigenvalue weighted by Crippen LogP contribution is -2.12. The van der Waals surface area contributed by atoms with E-state index in [2.05, 4.69) is 10.3 Å². The molecule has 2 aromatic carbocycles. The monoisotopic (exact) mass is 381 g/mol. The number of fused-ring (bicyclic) bond motifs is 1. The van der Waals surface area contributed by atoms with Gasteiger partial charge in [0.2, 0.25) is 0 Å². The molecule has 138 valence electrons. The predicted molar refractivity (Wildman–Crippen MR) is 107 cm³/mol. The molecule has 1 saturated carbocycles. The minimum absolute atomic E-state index is 0.0339. The summed E-state index contributed by atoms with van der Waals surface area (Å²) in [4.78, 5) is 27.5. The van der Waals surface area contributed by atoms with Crippen molar-refractivity contribution in [3.63, 3.8) is 0 Å². The molecule has 1 aliphatic carbocycles. The van der Waals surface area contributed by atoms with E-state index < -0.39 is 4.92 Å². The average molecular weight is 381 g/mol. The van der Waals surface area contributed by atoms with E-state index in [0.29, 0.717) is 21.7 Å². The Morgan fingerprint density at radius 1 is 1.19 bits per heavy atom. The van der Waals surface area contributed by atoms with E-state index in [1.165, 1.54) is 37.8 Å². The van der Waals surface area contributed by atoms with E-state index in [-0.39, 0.29) is 11.6 Å². The number of carbonyl (C=O) groups excluding carboxylic acids is 1. The number of H-pyrrole nitrogens is 1. The van der Waals surface area contributed by atoms with Crippen LogP contribution >= 0.6 is 11.8 Å². The summed E-state index contributed by atoms with van der Waals surface area (Å²) in [6.45, 7) is 0. The fraction of sp³-hybridized carbons (Fsp3) is 0.250. The molecule has 1 amide bonds. The summed E-state index contributed by atoms with van der Waals surface area (Å²) in [5.41, 5.74) is 1.83. The SMILES string of the molecule is O=C(Nc1ccccc1SC1CCCC1)c1c[nH]c2ccc([N+](=O)[O-])cc12. The molecule has 0 atom stereocenters. The lowest BCUT2D eigenvalue weighted by atomic mass is 10.1. The van der Waals surface area contributed by atoms with Crippen molar-refractivity contribution in [3.05, 3.63) is 64.3 Å². The third kappa shape index (κ3) is 3.68. The van der Waals surface area contributed by atoms with Gasteiger partial charge in [-0.1, -0.05) is 25.0 Å². The second-order valence-electron chi connectivity index (χ2n) is 6.66. The van der Waals surface area contributed by atoms with Crippen LogP contribution in [0.5, 0.6) is 0 Å². The molecule has 1 aromatic heterocycles. The van der Waals surface area contributed by atoms with Crippen molar-refractivity contribution < 1.29 is 9.72 Å². The molecule has 0 bridgehead atoms. The van der Waals surface area contributed by atoms with Crippen LogP contribution in [0.15, 0.2) is 53.6 Å². The smallest absolute Gasteiger partial charge is 0.270 e. The van der Waals surface area contributed by atoms with Crippen LogP contribution in [0.2, 0.25) is 0 Å². The zero-order chi connectivity index (χ0) is 18.8. The Morgan fingerprint density at radius 2 is 1.96 bits per heavy atom. The number of nitrogens with zero attached hydrogens (tertiary/aromatic N) is 1. The van der Waals surface area contributed by atoms with Crippen LogP contribution in [0.1, 0.15) is 36.0 Å². The molecule has 3 aromatic rings. The Morgan fingerprint density at radius 3 is 2.74 bits per heavy atom. The number of amides is 1. The maximum atomic E-state index is 12.8. The quantitative estimate of drug-likeness (QED) is 0.460. The van der Waals surface area contributed by atoms with E-state index in [9.17, 15) is 14.9 Å². The summed E-state index contributed by atoms with van der Waals surface area (Å²) in [6.07, 6.45) is 6.54. The maximum absolute atomic E-state index is 12.8. The van der Waals surface area contributed by atoms with Gasteiger partial charge in [0, 0.05) is 39.4 Å². The lowest BCUT2D eigenvalue weighted by Gasteiger charge is -2.14. The van der Waals surface area contributed by atoms with Crippen molar-refractivity contribution in [2.24, 2.45) is 0 Å². The Bertz CT molecular complexity index is 1010. The van der Waals surface area contributed by atoms with E-state index in [1.54, 1.807) is 12.3 Å². The van der Waals surface area contributed by atoms with Crippen LogP contribution in [0, 0.1) is 10.1 Å². The molecular formula is C20H19N3O3S. The third-order valence-corrected chi connectivity index (χ3v) is 6.27. The van der Waals surface area contributed by atoms with Crippen molar-refractivity contribution in [2.45, 2.75) is 35.8 Å². The number of anilines is 1. The molecule has 7 heteroatoms. The number of rotatable bonds is 5. The highest BCUT2D eigenvalue weighted by Crippen LogP contribution is 2.38. The van der Waals surface area contributed by atoms with Crippen molar-refractivity contribution in [1.29, 1.82) is 0 Å². The lowest BCUT2D eigenvalue weighted by molar-refractivity contribution is -0.384. The van der Waals surface area contributed by atoms with Gasteiger partial charge in [-0.2, -0.15) is 0 Å². The fourth-order valence-electron chi connectivity index (χ4n) is 3.46. The maximum Gasteiger partial charge on any atom is 0.270 e. The van der Waals surface area contributed by atoms with Gasteiger partial charge in [0.25, 0.3) is 11.6 Å². The highest BCUT2D eigenvalue weighted by atomic mass is 32.2. The number of carbonyl (C=O) groups is 1. The number of hydrogen-bond acceptors (Lipinski definition) is 4. The fourth-order valence-corrected chi connectivity index (χ4v) is 4.79. The second-order valence-corrected chi connectivity index (χ2v) is 8.01. The molecule has 0 radical (unpaired) electrons. The first kappa shape index (κ1) is 17.6. The summed E-state index contributed by atoms with van der Waals surface area (Å²) < 4.78 is 0. The first-order valence-electron chi connectivity index (χ1n) is 8.94. The molecule has 0 spiro atoms. The predicted octanol–water partition coefficient (Wildman–Crippen LogP) is 5.36. The van der Waals surface area contributed by atoms with Gasteiger partial charge in [0.1, 0.15) is 0 Å². The highest BCUT2D eigenvalue weighted by molar-refractivity contribution is 8.00. The van der Waals surface area contributed by atoms with Gasteiger partial charge in [0.15, 0.2) is 0 Å². The van der Waals surface area contributed by atoms with Crippen LogP contribution in [0.25, 0.3) is 10.9 Å². The van der Waals surface area contributed by atoms with Crippen LogP contribution in [-0.2, 0) is 0 Å². The molecule has 1 heterocycles. The normalized spacial score (nSPS) is 14.5. The highest BCUT2D eigenvalue weighted by Gasteiger charge is 2.20. The summed E-state index contributed by atoms with van der Waals surface area (Å²) >= 11 is 1.82. The van der Waals surface area contributed by atoms with Crippen LogP contribution in [-0.4, -0.2) is 21.1 Å². The minimum Gasteiger partial charge on any atom is -0.360 e. The first-order valence-corrected chi connectivity index (χ1v) is 9.82. The van der Waals surface area contributed by atoms with E-state index >= 15 is 0 Å². The average Bonchev–Trinajstić information content (AvgIpc) is 3.32. The molecule has 0 saturated heterocycles. The molecule has 0 unspecified atom stereocenters. The topological polar surface area (TPSA) is 88.0 Å². The van der Waals surface area contributed by atoms with Gasteiger partial charge >= 0.3 is 0 Å². The van der Waals surface area contributed by atoms with Crippen molar-refractivity contribution in [3.8, 4) is 0 Å². The van der Waals surface area contributed by atoms with Crippen molar-refractivity contribution >= 4 is 39.9 Å². The number of nitro benzene ring substituents is 1. The summed E-state index contributed by atoms with van der Waals surface area (Å²) in [5, 5.41) is 15.2. The number of thioether (sulfide) groups is 1. The summed E-state index contributed by atoms with van der Waals surface area (Å²) in [5.74, 6) is -0.277. The van der Waals surface area contributed by atoms with Crippen molar-refractivity contribution in [1.82, 2.24) is 4.98 Å². The Balaban J connectivity index is 1.60. The number of benzene rings is 2. The van der Waals surface area contributed by atoms with E-state index in [0.717, 1.165) is 10.6 Å². The Hall–Kier alpha value is -2.80. The van der Waals surface area contributed by atoms with Crippen molar-refractivity contribution in [2.75, 3.05) is 5.32 Å². The Labute approximate surface area is 160 Å². The van der Waals surface area contributed by atoms with Gasteiger partial charge in [0.05, 0.1) is 16.2 Å². The molecule has 27 heavy (non-hydrogen) atoms.